The topological polar surface area (TPSA) is 84.9 Å². The van der Waals surface area contributed by atoms with E-state index in [1.807, 2.05) is 18.7 Å². The number of esters is 1. The molecule has 0 spiro atoms. The lowest BCUT2D eigenvalue weighted by molar-refractivity contribution is -0.139. The second-order valence-electron chi connectivity index (χ2n) is 8.26. The third-order valence-electron chi connectivity index (χ3n) is 5.72. The number of amides is 2. The molecule has 7 nitrogen and oxygen atoms in total. The van der Waals surface area contributed by atoms with Crippen LogP contribution in [0.25, 0.3) is 0 Å². The molecule has 0 bridgehead atoms. The Morgan fingerprint density at radius 3 is 2.33 bits per heavy atom. The number of ether oxygens (including phenoxy) is 2. The van der Waals surface area contributed by atoms with Gasteiger partial charge in [0.25, 0.3) is 11.8 Å². The standard InChI is InChI=1S/C25H29FN2O5/c1-16-7-6-8-17(2)28(16)23(29)15-32-20-13-11-19(12-14-20)25(31)33-18(3)24(30)27-22-10-5-4-9-21(22)26/h4-5,9-14,16-18H,6-8,15H2,1-3H3,(H,27,30). The van der Waals surface area contributed by atoms with Gasteiger partial charge in [-0.1, -0.05) is 12.1 Å². The van der Waals surface area contributed by atoms with Crippen LogP contribution in [-0.2, 0) is 14.3 Å². The highest BCUT2D eigenvalue weighted by atomic mass is 19.1. The van der Waals surface area contributed by atoms with Crippen molar-refractivity contribution in [3.63, 3.8) is 0 Å². The van der Waals surface area contributed by atoms with Crippen molar-refractivity contribution in [3.8, 4) is 5.75 Å². The van der Waals surface area contributed by atoms with Crippen molar-refractivity contribution < 1.29 is 28.2 Å². The molecule has 1 fully saturated rings. The zero-order valence-corrected chi connectivity index (χ0v) is 19.0. The number of piperidine rings is 1. The van der Waals surface area contributed by atoms with E-state index in [0.717, 1.165) is 19.3 Å². The van der Waals surface area contributed by atoms with Crippen LogP contribution >= 0.6 is 0 Å². The zero-order valence-electron chi connectivity index (χ0n) is 19.0. The second kappa shape index (κ2) is 10.9. The summed E-state index contributed by atoms with van der Waals surface area (Å²) in [5, 5.41) is 2.39. The predicted molar refractivity (Wildman–Crippen MR) is 121 cm³/mol. The minimum atomic E-state index is -1.13. The summed E-state index contributed by atoms with van der Waals surface area (Å²) < 4.78 is 24.5. The lowest BCUT2D eigenvalue weighted by Gasteiger charge is -2.38. The number of hydrogen-bond donors (Lipinski definition) is 1. The van der Waals surface area contributed by atoms with Gasteiger partial charge in [0.1, 0.15) is 11.6 Å². The number of halogens is 1. The summed E-state index contributed by atoms with van der Waals surface area (Å²) in [7, 11) is 0. The number of nitrogens with zero attached hydrogens (tertiary/aromatic N) is 1. The normalized spacial score (nSPS) is 18.8. The smallest absolute Gasteiger partial charge is 0.338 e. The van der Waals surface area contributed by atoms with Gasteiger partial charge in [0, 0.05) is 12.1 Å². The molecule has 1 N–H and O–H groups in total. The number of carbonyl (C=O) groups is 3. The van der Waals surface area contributed by atoms with Crippen LogP contribution < -0.4 is 10.1 Å². The number of anilines is 1. The van der Waals surface area contributed by atoms with E-state index in [1.54, 1.807) is 18.2 Å². The molecule has 3 rings (SSSR count). The van der Waals surface area contributed by atoms with Crippen molar-refractivity contribution in [2.45, 2.75) is 58.2 Å². The van der Waals surface area contributed by atoms with Gasteiger partial charge in [0.05, 0.1) is 11.3 Å². The van der Waals surface area contributed by atoms with Gasteiger partial charge < -0.3 is 19.7 Å². The van der Waals surface area contributed by atoms with Crippen LogP contribution in [0.3, 0.4) is 0 Å². The van der Waals surface area contributed by atoms with Crippen LogP contribution in [-0.4, -0.2) is 47.5 Å². The van der Waals surface area contributed by atoms with Gasteiger partial charge in [0.15, 0.2) is 12.7 Å². The Morgan fingerprint density at radius 1 is 1.06 bits per heavy atom. The van der Waals surface area contributed by atoms with Crippen molar-refractivity contribution in [1.29, 1.82) is 0 Å². The Morgan fingerprint density at radius 2 is 1.70 bits per heavy atom. The van der Waals surface area contributed by atoms with E-state index in [-0.39, 0.29) is 35.8 Å². The van der Waals surface area contributed by atoms with Crippen LogP contribution in [0.5, 0.6) is 5.75 Å². The monoisotopic (exact) mass is 456 g/mol. The highest BCUT2D eigenvalue weighted by Gasteiger charge is 2.29. The molecule has 2 amide bonds. The molecule has 1 aliphatic heterocycles. The van der Waals surface area contributed by atoms with Crippen molar-refractivity contribution in [1.82, 2.24) is 4.90 Å². The highest BCUT2D eigenvalue weighted by molar-refractivity contribution is 5.97. The zero-order chi connectivity index (χ0) is 24.0. The van der Waals surface area contributed by atoms with E-state index in [1.165, 1.54) is 37.3 Å². The van der Waals surface area contributed by atoms with Crippen LogP contribution in [0.2, 0.25) is 0 Å². The molecule has 2 aromatic rings. The van der Waals surface area contributed by atoms with Gasteiger partial charge in [-0.2, -0.15) is 0 Å². The lowest BCUT2D eigenvalue weighted by atomic mass is 9.97. The van der Waals surface area contributed by atoms with Gasteiger partial charge >= 0.3 is 5.97 Å². The molecule has 0 saturated carbocycles. The number of benzene rings is 2. The molecule has 2 aromatic carbocycles. The molecule has 1 heterocycles. The highest BCUT2D eigenvalue weighted by Crippen LogP contribution is 2.23. The van der Waals surface area contributed by atoms with Gasteiger partial charge in [-0.3, -0.25) is 9.59 Å². The predicted octanol–water partition coefficient (Wildman–Crippen LogP) is 4.18. The van der Waals surface area contributed by atoms with Gasteiger partial charge in [0.2, 0.25) is 0 Å². The maximum atomic E-state index is 13.7. The number of para-hydroxylation sites is 1. The number of hydrogen-bond acceptors (Lipinski definition) is 5. The second-order valence-corrected chi connectivity index (χ2v) is 8.26. The number of carbonyl (C=O) groups excluding carboxylic acids is 3. The largest absolute Gasteiger partial charge is 0.484 e. The van der Waals surface area contributed by atoms with E-state index in [0.29, 0.717) is 5.75 Å². The molecule has 3 atom stereocenters. The summed E-state index contributed by atoms with van der Waals surface area (Å²) in [5.41, 5.74) is 0.229. The van der Waals surface area contributed by atoms with Crippen LogP contribution in [0.15, 0.2) is 48.5 Å². The van der Waals surface area contributed by atoms with Gasteiger partial charge in [-0.05, 0) is 76.4 Å². The summed E-state index contributed by atoms with van der Waals surface area (Å²) in [6.45, 7) is 5.42. The van der Waals surface area contributed by atoms with Crippen molar-refractivity contribution in [2.75, 3.05) is 11.9 Å². The molecule has 8 heteroatoms. The molecular weight excluding hydrogens is 427 g/mol. The SMILES string of the molecule is CC(OC(=O)c1ccc(OCC(=O)N2C(C)CCCC2C)cc1)C(=O)Nc1ccccc1F. The molecule has 33 heavy (non-hydrogen) atoms. The summed E-state index contributed by atoms with van der Waals surface area (Å²) in [4.78, 5) is 39.0. The Labute approximate surface area is 192 Å². The number of nitrogens with one attached hydrogen (secondary N) is 1. The fraction of sp³-hybridized carbons (Fsp3) is 0.400. The maximum Gasteiger partial charge on any atom is 0.338 e. The van der Waals surface area contributed by atoms with Crippen molar-refractivity contribution >= 4 is 23.5 Å². The van der Waals surface area contributed by atoms with Crippen LogP contribution in [0.4, 0.5) is 10.1 Å². The first-order chi connectivity index (χ1) is 15.8. The van der Waals surface area contributed by atoms with E-state index < -0.39 is 23.8 Å². The number of likely N-dealkylation sites (tertiary alicyclic amines) is 1. The fourth-order valence-electron chi connectivity index (χ4n) is 3.90. The first-order valence-electron chi connectivity index (χ1n) is 11.1. The van der Waals surface area contributed by atoms with Crippen molar-refractivity contribution in [3.05, 3.63) is 59.9 Å². The summed E-state index contributed by atoms with van der Waals surface area (Å²) in [5.74, 6) is -1.55. The minimum absolute atomic E-state index is 0.00906. The minimum Gasteiger partial charge on any atom is -0.484 e. The summed E-state index contributed by atoms with van der Waals surface area (Å²) in [6.07, 6.45) is 1.97. The third kappa shape index (κ3) is 6.31. The van der Waals surface area contributed by atoms with Gasteiger partial charge in [-0.25, -0.2) is 9.18 Å². The maximum absolute atomic E-state index is 13.7. The Balaban J connectivity index is 1.50. The van der Waals surface area contributed by atoms with Gasteiger partial charge in [-0.15, -0.1) is 0 Å². The molecule has 176 valence electrons. The Kier molecular flexibility index (Phi) is 8.03. The van der Waals surface area contributed by atoms with Crippen LogP contribution in [0.1, 0.15) is 50.4 Å². The van der Waals surface area contributed by atoms with E-state index >= 15 is 0 Å². The summed E-state index contributed by atoms with van der Waals surface area (Å²) >= 11 is 0. The fourth-order valence-corrected chi connectivity index (χ4v) is 3.90. The lowest BCUT2D eigenvalue weighted by Crippen LogP contribution is -2.49. The molecule has 0 aromatic heterocycles. The number of rotatable bonds is 7. The molecule has 3 unspecified atom stereocenters. The Hall–Kier alpha value is -3.42. The molecular formula is C25H29FN2O5. The molecule has 0 aliphatic carbocycles. The van der Waals surface area contributed by atoms with Crippen molar-refractivity contribution in [2.24, 2.45) is 0 Å². The van der Waals surface area contributed by atoms with E-state index in [2.05, 4.69) is 5.32 Å². The van der Waals surface area contributed by atoms with E-state index in [9.17, 15) is 18.8 Å². The average Bonchev–Trinajstić information content (AvgIpc) is 2.79. The third-order valence-corrected chi connectivity index (χ3v) is 5.72. The quantitative estimate of drug-likeness (QED) is 0.632. The average molecular weight is 457 g/mol. The molecule has 1 saturated heterocycles. The molecule has 1 aliphatic rings. The van der Waals surface area contributed by atoms with Crippen LogP contribution in [0, 0.1) is 5.82 Å². The first kappa shape index (κ1) is 24.2. The molecule has 0 radical (unpaired) electrons. The summed E-state index contributed by atoms with van der Waals surface area (Å²) in [6, 6.07) is 12.2. The van der Waals surface area contributed by atoms with E-state index in [4.69, 9.17) is 9.47 Å². The Bertz CT molecular complexity index is 985. The first-order valence-corrected chi connectivity index (χ1v) is 11.1.